The Labute approximate surface area is 122 Å². The third-order valence-electron chi connectivity index (χ3n) is 3.65. The number of carbonyl (C=O) groups excluding carboxylic acids is 1. The minimum absolute atomic E-state index is 0.0821. The normalized spacial score (nSPS) is 22.2. The third-order valence-corrected chi connectivity index (χ3v) is 4.46. The summed E-state index contributed by atoms with van der Waals surface area (Å²) in [5, 5.41) is 5.38. The molecule has 0 bridgehead atoms. The van der Waals surface area contributed by atoms with Gasteiger partial charge in [-0.25, -0.2) is 4.98 Å². The summed E-state index contributed by atoms with van der Waals surface area (Å²) in [6, 6.07) is 0. The fourth-order valence-electron chi connectivity index (χ4n) is 2.65. The van der Waals surface area contributed by atoms with Crippen LogP contribution in [0.4, 0.5) is 5.13 Å². The maximum absolute atomic E-state index is 11.0. The maximum atomic E-state index is 11.0. The number of nitrogens with zero attached hydrogens (tertiary/aromatic N) is 2. The fraction of sp³-hybridized carbons (Fsp3) is 0.692. The minimum atomic E-state index is -0.320. The van der Waals surface area contributed by atoms with Crippen LogP contribution in [0.25, 0.3) is 0 Å². The Balaban J connectivity index is 1.51. The lowest BCUT2D eigenvalue weighted by Crippen LogP contribution is -2.44. The van der Waals surface area contributed by atoms with E-state index >= 15 is 0 Å². The summed E-state index contributed by atoms with van der Waals surface area (Å²) in [6.45, 7) is 5.64. The smallest absolute Gasteiger partial charge is 0.223 e. The second kappa shape index (κ2) is 5.77. The van der Waals surface area contributed by atoms with Crippen LogP contribution in [0.3, 0.4) is 0 Å². The van der Waals surface area contributed by atoms with E-state index in [4.69, 9.17) is 9.47 Å². The van der Waals surface area contributed by atoms with Crippen LogP contribution < -0.4 is 5.32 Å². The monoisotopic (exact) mass is 297 g/mol. The van der Waals surface area contributed by atoms with Gasteiger partial charge in [0.15, 0.2) is 10.9 Å². The minimum Gasteiger partial charge on any atom is -0.347 e. The highest BCUT2D eigenvalue weighted by Gasteiger charge is 2.39. The van der Waals surface area contributed by atoms with E-state index in [2.05, 4.69) is 15.2 Å². The molecule has 1 aromatic heterocycles. The maximum Gasteiger partial charge on any atom is 0.223 e. The lowest BCUT2D eigenvalue weighted by Gasteiger charge is -2.37. The van der Waals surface area contributed by atoms with Gasteiger partial charge in [0.05, 0.1) is 18.9 Å². The van der Waals surface area contributed by atoms with E-state index < -0.39 is 0 Å². The van der Waals surface area contributed by atoms with E-state index in [0.717, 1.165) is 38.2 Å². The van der Waals surface area contributed by atoms with Crippen molar-refractivity contribution in [3.8, 4) is 0 Å². The Bertz CT molecular complexity index is 475. The van der Waals surface area contributed by atoms with Gasteiger partial charge in [-0.15, -0.1) is 11.3 Å². The number of carbonyl (C=O) groups is 1. The van der Waals surface area contributed by atoms with Crippen LogP contribution >= 0.6 is 11.3 Å². The lowest BCUT2D eigenvalue weighted by molar-refractivity contribution is -0.185. The second-order valence-electron chi connectivity index (χ2n) is 5.21. The highest BCUT2D eigenvalue weighted by atomic mass is 32.1. The first-order valence-corrected chi connectivity index (χ1v) is 7.75. The Morgan fingerprint density at radius 2 is 2.15 bits per heavy atom. The number of anilines is 1. The van der Waals surface area contributed by atoms with Crippen molar-refractivity contribution < 1.29 is 14.3 Å². The molecule has 0 atom stereocenters. The molecule has 0 aliphatic carbocycles. The van der Waals surface area contributed by atoms with Crippen LogP contribution in [0.15, 0.2) is 5.38 Å². The van der Waals surface area contributed by atoms with Crippen molar-refractivity contribution in [3.05, 3.63) is 11.1 Å². The van der Waals surface area contributed by atoms with Crippen molar-refractivity contribution in [3.63, 3.8) is 0 Å². The standard InChI is InChI=1S/C13H19N3O3S/c1-10(17)14-12-15-11(9-20-12)8-16-4-2-13(3-5-16)18-6-7-19-13/h9H,2-8H2,1H3,(H,14,15,17). The van der Waals surface area contributed by atoms with Crippen LogP contribution in [-0.4, -0.2) is 47.9 Å². The van der Waals surface area contributed by atoms with Gasteiger partial charge < -0.3 is 14.8 Å². The zero-order valence-electron chi connectivity index (χ0n) is 11.6. The molecule has 6 nitrogen and oxygen atoms in total. The quantitative estimate of drug-likeness (QED) is 0.914. The van der Waals surface area contributed by atoms with E-state index in [0.29, 0.717) is 18.3 Å². The van der Waals surface area contributed by atoms with Crippen LogP contribution in [0.2, 0.25) is 0 Å². The van der Waals surface area contributed by atoms with Crippen molar-refractivity contribution in [1.29, 1.82) is 0 Å². The number of rotatable bonds is 3. The van der Waals surface area contributed by atoms with Crippen molar-refractivity contribution >= 4 is 22.4 Å². The van der Waals surface area contributed by atoms with Gasteiger partial charge in [-0.05, 0) is 0 Å². The molecule has 7 heteroatoms. The van der Waals surface area contributed by atoms with Gasteiger partial charge in [-0.3, -0.25) is 9.69 Å². The van der Waals surface area contributed by atoms with Gasteiger partial charge in [0, 0.05) is 44.8 Å². The predicted molar refractivity (Wildman–Crippen MR) is 75.6 cm³/mol. The average Bonchev–Trinajstić information content (AvgIpc) is 3.02. The molecule has 0 unspecified atom stereocenters. The molecule has 2 aliphatic heterocycles. The molecular formula is C13H19N3O3S. The Hall–Kier alpha value is -1.02. The second-order valence-corrected chi connectivity index (χ2v) is 6.07. The number of piperidine rings is 1. The third kappa shape index (κ3) is 3.17. The predicted octanol–water partition coefficient (Wildman–Crippen LogP) is 1.44. The summed E-state index contributed by atoms with van der Waals surface area (Å²) >= 11 is 1.47. The summed E-state index contributed by atoms with van der Waals surface area (Å²) in [7, 11) is 0. The van der Waals surface area contributed by atoms with Crippen LogP contribution in [0.1, 0.15) is 25.5 Å². The topological polar surface area (TPSA) is 63.7 Å². The molecule has 1 spiro atoms. The highest BCUT2D eigenvalue weighted by molar-refractivity contribution is 7.13. The van der Waals surface area contributed by atoms with E-state index in [-0.39, 0.29) is 11.7 Å². The molecule has 0 radical (unpaired) electrons. The van der Waals surface area contributed by atoms with Crippen LogP contribution in [0.5, 0.6) is 0 Å². The van der Waals surface area contributed by atoms with Gasteiger partial charge in [-0.1, -0.05) is 0 Å². The van der Waals surface area contributed by atoms with Gasteiger partial charge in [-0.2, -0.15) is 0 Å². The van der Waals surface area contributed by atoms with Gasteiger partial charge in [0.1, 0.15) is 0 Å². The van der Waals surface area contributed by atoms with E-state index in [1.165, 1.54) is 18.3 Å². The van der Waals surface area contributed by atoms with Gasteiger partial charge in [0.2, 0.25) is 5.91 Å². The lowest BCUT2D eigenvalue weighted by atomic mass is 10.0. The molecule has 3 rings (SSSR count). The average molecular weight is 297 g/mol. The molecule has 2 fully saturated rings. The molecule has 0 aromatic carbocycles. The largest absolute Gasteiger partial charge is 0.347 e. The number of amides is 1. The molecule has 20 heavy (non-hydrogen) atoms. The van der Waals surface area contributed by atoms with Crippen LogP contribution in [-0.2, 0) is 20.8 Å². The van der Waals surface area contributed by atoms with Gasteiger partial charge in [0.25, 0.3) is 0 Å². The van der Waals surface area contributed by atoms with Crippen LogP contribution in [0, 0.1) is 0 Å². The first-order chi connectivity index (χ1) is 9.65. The fourth-order valence-corrected chi connectivity index (χ4v) is 3.40. The van der Waals surface area contributed by atoms with Crippen molar-refractivity contribution in [2.45, 2.75) is 32.1 Å². The Morgan fingerprint density at radius 3 is 2.80 bits per heavy atom. The van der Waals surface area contributed by atoms with Crippen molar-refractivity contribution in [1.82, 2.24) is 9.88 Å². The number of likely N-dealkylation sites (tertiary alicyclic amines) is 1. The zero-order chi connectivity index (χ0) is 14.0. The Kier molecular flexibility index (Phi) is 4.02. The Morgan fingerprint density at radius 1 is 1.45 bits per heavy atom. The van der Waals surface area contributed by atoms with E-state index in [1.54, 1.807) is 0 Å². The van der Waals surface area contributed by atoms with Gasteiger partial charge >= 0.3 is 0 Å². The number of thiazole rings is 1. The zero-order valence-corrected chi connectivity index (χ0v) is 12.4. The first kappa shape index (κ1) is 13.9. The molecule has 3 heterocycles. The number of aromatic nitrogens is 1. The summed E-state index contributed by atoms with van der Waals surface area (Å²) in [5.74, 6) is -0.402. The summed E-state index contributed by atoms with van der Waals surface area (Å²) in [4.78, 5) is 17.7. The van der Waals surface area contributed by atoms with Crippen molar-refractivity contribution in [2.24, 2.45) is 0 Å². The number of hydrogen-bond donors (Lipinski definition) is 1. The van der Waals surface area contributed by atoms with Crippen molar-refractivity contribution in [2.75, 3.05) is 31.6 Å². The number of nitrogens with one attached hydrogen (secondary N) is 1. The SMILES string of the molecule is CC(=O)Nc1nc(CN2CCC3(CC2)OCCO3)cs1. The summed E-state index contributed by atoms with van der Waals surface area (Å²) in [5.41, 5.74) is 1.00. The molecule has 0 saturated carbocycles. The summed E-state index contributed by atoms with van der Waals surface area (Å²) < 4.78 is 11.4. The molecule has 1 amide bonds. The first-order valence-electron chi connectivity index (χ1n) is 6.87. The number of ether oxygens (including phenoxy) is 2. The molecule has 2 aliphatic rings. The highest BCUT2D eigenvalue weighted by Crippen LogP contribution is 2.31. The molecule has 1 aromatic rings. The van der Waals surface area contributed by atoms with E-state index in [1.807, 2.05) is 5.38 Å². The number of hydrogen-bond acceptors (Lipinski definition) is 6. The molecular weight excluding hydrogens is 278 g/mol. The summed E-state index contributed by atoms with van der Waals surface area (Å²) in [6.07, 6.45) is 1.82. The molecule has 1 N–H and O–H groups in total. The van der Waals surface area contributed by atoms with E-state index in [9.17, 15) is 4.79 Å². The molecule has 110 valence electrons. The molecule has 2 saturated heterocycles.